The van der Waals surface area contributed by atoms with Gasteiger partial charge in [-0.15, -0.1) is 0 Å². The van der Waals surface area contributed by atoms with Gasteiger partial charge < -0.3 is 4.43 Å². The van der Waals surface area contributed by atoms with Gasteiger partial charge in [0.1, 0.15) is 17.3 Å². The van der Waals surface area contributed by atoms with Gasteiger partial charge in [-0.3, -0.25) is 0 Å². The third-order valence-electron chi connectivity index (χ3n) is 7.89. The van der Waals surface area contributed by atoms with Crippen LogP contribution in [0.1, 0.15) is 39.4 Å². The van der Waals surface area contributed by atoms with Gasteiger partial charge in [-0.05, 0) is 74.3 Å². The highest BCUT2D eigenvalue weighted by atomic mass is 28.4. The molecule has 0 aliphatic carbocycles. The van der Waals surface area contributed by atoms with Gasteiger partial charge in [0, 0.05) is 6.42 Å². The van der Waals surface area contributed by atoms with E-state index in [0.717, 1.165) is 17.9 Å². The number of benzene rings is 4. The molecule has 0 amide bonds. The molecule has 0 N–H and O–H groups in total. The van der Waals surface area contributed by atoms with E-state index in [4.69, 9.17) is 9.52 Å². The van der Waals surface area contributed by atoms with Crippen molar-refractivity contribution in [2.45, 2.75) is 58.5 Å². The van der Waals surface area contributed by atoms with Crippen molar-refractivity contribution in [3.8, 4) is 17.1 Å². The van der Waals surface area contributed by atoms with Gasteiger partial charge >= 0.3 is 5.82 Å². The molecule has 4 nitrogen and oxygen atoms in total. The lowest BCUT2D eigenvalue weighted by atomic mass is 9.76. The molecule has 0 spiro atoms. The van der Waals surface area contributed by atoms with Crippen molar-refractivity contribution in [2.24, 2.45) is 0 Å². The van der Waals surface area contributed by atoms with Gasteiger partial charge in [-0.25, -0.2) is 4.57 Å². The molecule has 6 rings (SSSR count). The molecule has 0 radical (unpaired) electrons. The van der Waals surface area contributed by atoms with Gasteiger partial charge in [0.15, 0.2) is 8.32 Å². The Morgan fingerprint density at radius 1 is 0.800 bits per heavy atom. The molecule has 5 aromatic rings. The molecule has 0 fully saturated rings. The molecule has 5 heteroatoms. The predicted molar refractivity (Wildman–Crippen MR) is 164 cm³/mol. The second-order valence-corrected chi connectivity index (χ2v) is 16.5. The van der Waals surface area contributed by atoms with Crippen LogP contribution in [0.4, 0.5) is 0 Å². The molecule has 1 aliphatic rings. The summed E-state index contributed by atoms with van der Waals surface area (Å²) in [6.45, 7) is 13.4. The first-order chi connectivity index (χ1) is 19.2. The number of rotatable bonds is 6. The molecule has 0 saturated carbocycles. The fourth-order valence-electron chi connectivity index (χ4n) is 6.57. The van der Waals surface area contributed by atoms with Crippen LogP contribution in [-0.2, 0) is 16.4 Å². The zero-order valence-electron chi connectivity index (χ0n) is 24.3. The zero-order chi connectivity index (χ0) is 28.1. The minimum absolute atomic E-state index is 0.0475. The van der Waals surface area contributed by atoms with Crippen molar-refractivity contribution in [3.63, 3.8) is 0 Å². The van der Waals surface area contributed by atoms with E-state index in [1.54, 1.807) is 0 Å². The van der Waals surface area contributed by atoms with E-state index in [-0.39, 0.29) is 6.04 Å². The lowest BCUT2D eigenvalue weighted by Crippen LogP contribution is -2.58. The van der Waals surface area contributed by atoms with Crippen LogP contribution >= 0.6 is 0 Å². The van der Waals surface area contributed by atoms with Crippen LogP contribution in [-0.4, -0.2) is 18.1 Å². The van der Waals surface area contributed by atoms with E-state index in [9.17, 15) is 0 Å². The molecule has 1 aromatic heterocycles. The van der Waals surface area contributed by atoms with Crippen LogP contribution in [0.2, 0.25) is 19.6 Å². The first-order valence-electron chi connectivity index (χ1n) is 14.2. The summed E-state index contributed by atoms with van der Waals surface area (Å²) in [6.07, 6.45) is 3.04. The Kier molecular flexibility index (Phi) is 6.60. The summed E-state index contributed by atoms with van der Waals surface area (Å²) in [7, 11) is -2.08. The molecular weight excluding hydrogens is 506 g/mol. The van der Waals surface area contributed by atoms with Crippen LogP contribution in [0.3, 0.4) is 0 Å². The number of hydrogen-bond donors (Lipinski definition) is 0. The van der Waals surface area contributed by atoms with E-state index >= 15 is 0 Å². The first kappa shape index (κ1) is 26.4. The summed E-state index contributed by atoms with van der Waals surface area (Å²) in [5, 5.41) is 5.30. The smallest absolute Gasteiger partial charge is 0.309 e. The fraction of sp³-hybridized carbons (Fsp3) is 0.257. The van der Waals surface area contributed by atoms with Crippen LogP contribution in [0.25, 0.3) is 17.1 Å². The largest absolute Gasteiger partial charge is 0.401 e. The summed E-state index contributed by atoms with van der Waals surface area (Å²) < 4.78 is 11.9. The van der Waals surface area contributed by atoms with Gasteiger partial charge in [0.2, 0.25) is 6.33 Å². The van der Waals surface area contributed by atoms with Crippen molar-refractivity contribution in [2.75, 3.05) is 0 Å². The molecule has 0 bridgehead atoms. The highest BCUT2D eigenvalue weighted by molar-refractivity contribution is 6.69. The van der Waals surface area contributed by atoms with Crippen molar-refractivity contribution in [3.05, 3.63) is 137 Å². The standard InChI is InChI=1S/C35H38N3OSi/c1-25-21-26(2)33(27(3)22-25)38-24-37-32(23-28-15-13-14-20-31(28)34(37)36-38)35(39-40(4,5)6,29-16-9-7-10-17-29)30-18-11-8-12-19-30/h7-22,24,32H,23H2,1-6H3/q+1. The normalized spacial score (nSPS) is 15.0. The Morgan fingerprint density at radius 3 is 1.93 bits per heavy atom. The van der Waals surface area contributed by atoms with Crippen molar-refractivity contribution < 1.29 is 8.99 Å². The molecule has 1 aliphatic heterocycles. The molecular formula is C35H38N3OSi+. The van der Waals surface area contributed by atoms with Gasteiger partial charge in [-0.2, -0.15) is 0 Å². The lowest BCUT2D eigenvalue weighted by Gasteiger charge is -2.45. The van der Waals surface area contributed by atoms with Crippen LogP contribution in [0, 0.1) is 20.8 Å². The van der Waals surface area contributed by atoms with E-state index in [2.05, 4.69) is 153 Å². The topological polar surface area (TPSA) is 30.9 Å². The minimum atomic E-state index is -2.08. The van der Waals surface area contributed by atoms with Crippen molar-refractivity contribution >= 4 is 8.32 Å². The number of aryl methyl sites for hydroxylation is 3. The average Bonchev–Trinajstić information content (AvgIpc) is 3.36. The molecule has 1 unspecified atom stereocenters. The van der Waals surface area contributed by atoms with Crippen molar-refractivity contribution in [1.29, 1.82) is 0 Å². The molecule has 4 aromatic carbocycles. The van der Waals surface area contributed by atoms with E-state index in [1.165, 1.54) is 38.9 Å². The molecule has 202 valence electrons. The third-order valence-corrected chi connectivity index (χ3v) is 8.83. The summed E-state index contributed by atoms with van der Waals surface area (Å²) >= 11 is 0. The van der Waals surface area contributed by atoms with Gasteiger partial charge in [0.05, 0.1) is 10.7 Å². The second-order valence-electron chi connectivity index (χ2n) is 12.1. The van der Waals surface area contributed by atoms with Crippen LogP contribution in [0.5, 0.6) is 0 Å². The summed E-state index contributed by atoms with van der Waals surface area (Å²) in [5.74, 6) is 0.974. The summed E-state index contributed by atoms with van der Waals surface area (Å²) in [5.41, 5.74) is 8.96. The van der Waals surface area contributed by atoms with Gasteiger partial charge in [0.25, 0.3) is 0 Å². The maximum atomic E-state index is 7.47. The Balaban J connectivity index is 1.67. The number of fused-ring (bicyclic) bond motifs is 3. The summed E-state index contributed by atoms with van der Waals surface area (Å²) in [6, 6.07) is 34.8. The second kappa shape index (κ2) is 9.99. The zero-order valence-corrected chi connectivity index (χ0v) is 25.3. The predicted octanol–water partition coefficient (Wildman–Crippen LogP) is 7.64. The lowest BCUT2D eigenvalue weighted by molar-refractivity contribution is -0.729. The highest BCUT2D eigenvalue weighted by Gasteiger charge is 2.52. The molecule has 2 heterocycles. The SMILES string of the molecule is Cc1cc(C)c(-n2c[n+]3c(n2)-c2ccccc2CC3C(O[Si](C)(C)C)(c2ccccc2)c2ccccc2)c(C)c1. The number of hydrogen-bond acceptors (Lipinski definition) is 2. The maximum Gasteiger partial charge on any atom is 0.309 e. The molecule has 40 heavy (non-hydrogen) atoms. The molecule has 1 atom stereocenters. The highest BCUT2D eigenvalue weighted by Crippen LogP contribution is 2.47. The number of nitrogens with zero attached hydrogens (tertiary/aromatic N) is 3. The Hall–Kier alpha value is -3.80. The van der Waals surface area contributed by atoms with E-state index in [0.29, 0.717) is 0 Å². The maximum absolute atomic E-state index is 7.47. The minimum Gasteiger partial charge on any atom is -0.401 e. The molecule has 0 saturated heterocycles. The fourth-order valence-corrected chi connectivity index (χ4v) is 7.91. The Morgan fingerprint density at radius 2 is 1.35 bits per heavy atom. The Bertz CT molecular complexity index is 1610. The third kappa shape index (κ3) is 4.53. The van der Waals surface area contributed by atoms with E-state index in [1.807, 2.05) is 0 Å². The van der Waals surface area contributed by atoms with Crippen LogP contribution in [0.15, 0.2) is 103 Å². The van der Waals surface area contributed by atoms with Crippen molar-refractivity contribution in [1.82, 2.24) is 9.78 Å². The van der Waals surface area contributed by atoms with E-state index < -0.39 is 13.9 Å². The quantitative estimate of drug-likeness (QED) is 0.162. The monoisotopic (exact) mass is 544 g/mol. The number of aromatic nitrogens is 3. The Labute approximate surface area is 239 Å². The average molecular weight is 545 g/mol. The first-order valence-corrected chi connectivity index (χ1v) is 17.6. The summed E-state index contributed by atoms with van der Waals surface area (Å²) in [4.78, 5) is 0. The van der Waals surface area contributed by atoms with Crippen LogP contribution < -0.4 is 4.57 Å². The van der Waals surface area contributed by atoms with Gasteiger partial charge in [-0.1, -0.05) is 101 Å².